The van der Waals surface area contributed by atoms with Gasteiger partial charge in [-0.1, -0.05) is 36.4 Å². The number of benzene rings is 1. The molecule has 43 heavy (non-hydrogen) atoms. The number of ketones is 1. The van der Waals surface area contributed by atoms with Crippen molar-refractivity contribution in [1.29, 1.82) is 0 Å². The van der Waals surface area contributed by atoms with E-state index in [-0.39, 0.29) is 77.9 Å². The summed E-state index contributed by atoms with van der Waals surface area (Å²) in [5.74, 6) is -3.27. The van der Waals surface area contributed by atoms with Crippen molar-refractivity contribution in [3.8, 4) is 0 Å². The fourth-order valence-electron chi connectivity index (χ4n) is 8.61. The lowest BCUT2D eigenvalue weighted by Gasteiger charge is -2.26. The van der Waals surface area contributed by atoms with Crippen molar-refractivity contribution in [3.63, 3.8) is 0 Å². The van der Waals surface area contributed by atoms with Gasteiger partial charge in [-0.15, -0.1) is 0 Å². The van der Waals surface area contributed by atoms with E-state index in [1.165, 1.54) is 4.90 Å². The molecule has 9 heteroatoms. The predicted octanol–water partition coefficient (Wildman–Crippen LogP) is 3.18. The number of amides is 4. The van der Waals surface area contributed by atoms with Gasteiger partial charge in [0.1, 0.15) is 6.04 Å². The number of aryl methyl sites for hydroxylation is 2. The van der Waals surface area contributed by atoms with E-state index in [4.69, 9.17) is 4.74 Å². The number of Topliss-reactive ketones (excluding diaryl/α,β-unsaturated/α-hetero) is 1. The topological polar surface area (TPSA) is 118 Å². The van der Waals surface area contributed by atoms with Crippen molar-refractivity contribution in [1.82, 2.24) is 9.80 Å². The second kappa shape index (κ2) is 10.4. The second-order valence-electron chi connectivity index (χ2n) is 13.2. The van der Waals surface area contributed by atoms with Crippen LogP contribution >= 0.6 is 0 Å². The Balaban J connectivity index is 1.02. The van der Waals surface area contributed by atoms with Crippen LogP contribution in [0.25, 0.3) is 0 Å². The molecule has 4 fully saturated rings. The van der Waals surface area contributed by atoms with Crippen molar-refractivity contribution in [3.05, 3.63) is 59.2 Å². The summed E-state index contributed by atoms with van der Waals surface area (Å²) in [7, 11) is 0. The average Bonchev–Trinajstić information content (AvgIpc) is 3.84. The Morgan fingerprint density at radius 3 is 1.84 bits per heavy atom. The molecule has 0 spiro atoms. The Morgan fingerprint density at radius 2 is 1.30 bits per heavy atom. The molecule has 2 heterocycles. The number of carbonyl (C=O) groups excluding carboxylic acids is 6. The van der Waals surface area contributed by atoms with Crippen LogP contribution in [0.1, 0.15) is 53.6 Å². The number of allylic oxidation sites excluding steroid dienone is 4. The number of imide groups is 2. The highest BCUT2D eigenvalue weighted by Crippen LogP contribution is 2.54. The van der Waals surface area contributed by atoms with Crippen molar-refractivity contribution >= 4 is 35.4 Å². The lowest BCUT2D eigenvalue weighted by Crippen LogP contribution is -2.47. The summed E-state index contributed by atoms with van der Waals surface area (Å²) in [6.45, 7) is 3.58. The minimum absolute atomic E-state index is 0.00380. The third-order valence-electron chi connectivity index (χ3n) is 10.9. The van der Waals surface area contributed by atoms with E-state index in [9.17, 15) is 28.8 Å². The van der Waals surface area contributed by atoms with Crippen LogP contribution in [-0.2, 0) is 28.7 Å². The molecule has 2 saturated carbocycles. The van der Waals surface area contributed by atoms with Crippen LogP contribution in [0.3, 0.4) is 0 Å². The zero-order chi connectivity index (χ0) is 30.2. The number of likely N-dealkylation sites (tertiary alicyclic amines) is 2. The molecule has 224 valence electrons. The van der Waals surface area contributed by atoms with E-state index in [0.29, 0.717) is 18.4 Å². The van der Waals surface area contributed by atoms with E-state index in [1.807, 2.05) is 32.1 Å². The minimum Gasteiger partial charge on any atom is -0.456 e. The third kappa shape index (κ3) is 4.33. The number of hydrogen-bond donors (Lipinski definition) is 0. The average molecular weight is 585 g/mol. The van der Waals surface area contributed by atoms with Gasteiger partial charge in [0.05, 0.1) is 23.7 Å². The number of hydrogen-bond acceptors (Lipinski definition) is 7. The van der Waals surface area contributed by atoms with E-state index < -0.39 is 30.5 Å². The Hall–Kier alpha value is -3.88. The maximum Gasteiger partial charge on any atom is 0.329 e. The van der Waals surface area contributed by atoms with Gasteiger partial charge in [0.2, 0.25) is 23.6 Å². The number of carbonyl (C=O) groups is 6. The first-order valence-corrected chi connectivity index (χ1v) is 15.5. The summed E-state index contributed by atoms with van der Waals surface area (Å²) in [5, 5.41) is 0. The Bertz CT molecular complexity index is 1450. The zero-order valence-electron chi connectivity index (χ0n) is 24.4. The largest absolute Gasteiger partial charge is 0.456 e. The van der Waals surface area contributed by atoms with Crippen molar-refractivity contribution in [2.45, 2.75) is 52.0 Å². The molecule has 0 radical (unpaired) electrons. The molecule has 1 aromatic rings. The molecule has 9 atom stereocenters. The maximum absolute atomic E-state index is 13.6. The molecule has 1 aromatic carbocycles. The Kier molecular flexibility index (Phi) is 6.74. The predicted molar refractivity (Wildman–Crippen MR) is 153 cm³/mol. The minimum atomic E-state index is -1.16. The third-order valence-corrected chi connectivity index (χ3v) is 10.9. The molecular formula is C34H36N2O7. The smallest absolute Gasteiger partial charge is 0.329 e. The van der Waals surface area contributed by atoms with Gasteiger partial charge in [0.15, 0.2) is 12.4 Å². The monoisotopic (exact) mass is 584 g/mol. The molecule has 2 saturated heterocycles. The summed E-state index contributed by atoms with van der Waals surface area (Å²) < 4.78 is 5.46. The van der Waals surface area contributed by atoms with Crippen LogP contribution < -0.4 is 0 Å². The number of ether oxygens (including phenoxy) is 1. The first-order chi connectivity index (χ1) is 20.7. The van der Waals surface area contributed by atoms with Crippen molar-refractivity contribution < 1.29 is 33.5 Å². The molecule has 9 nitrogen and oxygen atoms in total. The van der Waals surface area contributed by atoms with E-state index in [1.54, 1.807) is 12.1 Å². The maximum atomic E-state index is 13.6. The summed E-state index contributed by atoms with van der Waals surface area (Å²) in [5.41, 5.74) is 2.41. The van der Waals surface area contributed by atoms with Gasteiger partial charge >= 0.3 is 5.97 Å². The standard InChI is InChI=1S/C34H36N2O7/c1-17-6-7-19(13-18(17)2)25(37)16-43-34(42)24(36-32(40)28-22-10-11-23(15-22)29(28)33(36)41)5-3-4-12-35-30(38)26-20-8-9-21(14-20)27(26)31(35)39/h6-11,13,20-24,26-29H,3-5,12,14-16H2,1-2H3/t20-,21-,22-,23-,24-,26+,27+,28-,29+/m0/s1. The van der Waals surface area contributed by atoms with E-state index >= 15 is 0 Å². The molecule has 6 aliphatic rings. The summed E-state index contributed by atoms with van der Waals surface area (Å²) in [6.07, 6.45) is 10.7. The van der Waals surface area contributed by atoms with Crippen LogP contribution in [0, 0.1) is 61.2 Å². The SMILES string of the molecule is Cc1ccc(C(=O)COC(=O)[C@H](CCCCN2C(=O)[C@H]3[C@H](C2=O)[C@H]2C=C[C@H]3C2)N2C(=O)[C@@H]3[C@H](C2=O)[C@H]2C=C[C@H]3C2)cc1C. The highest BCUT2D eigenvalue weighted by atomic mass is 16.5. The summed E-state index contributed by atoms with van der Waals surface area (Å²) in [4.78, 5) is 82.0. The molecule has 7 rings (SSSR count). The summed E-state index contributed by atoms with van der Waals surface area (Å²) >= 11 is 0. The van der Waals surface area contributed by atoms with Crippen molar-refractivity contribution in [2.75, 3.05) is 13.2 Å². The number of nitrogens with zero attached hydrogens (tertiary/aromatic N) is 2. The Morgan fingerprint density at radius 1 is 0.767 bits per heavy atom. The molecule has 4 bridgehead atoms. The molecule has 0 unspecified atom stereocenters. The number of rotatable bonds is 10. The van der Waals surface area contributed by atoms with Gasteiger partial charge < -0.3 is 4.74 Å². The van der Waals surface area contributed by atoms with Gasteiger partial charge in [0.25, 0.3) is 0 Å². The second-order valence-corrected chi connectivity index (χ2v) is 13.2. The van der Waals surface area contributed by atoms with Crippen LogP contribution in [0.4, 0.5) is 0 Å². The van der Waals surface area contributed by atoms with Gasteiger partial charge in [-0.25, -0.2) is 4.79 Å². The van der Waals surface area contributed by atoms with E-state index in [0.717, 1.165) is 28.9 Å². The fraction of sp³-hybridized carbons (Fsp3) is 0.529. The summed E-state index contributed by atoms with van der Waals surface area (Å²) in [6, 6.07) is 4.10. The van der Waals surface area contributed by atoms with Crippen molar-refractivity contribution in [2.24, 2.45) is 47.3 Å². The lowest BCUT2D eigenvalue weighted by molar-refractivity contribution is -0.159. The van der Waals surface area contributed by atoms with Crippen LogP contribution in [0.15, 0.2) is 42.5 Å². The molecule has 4 aliphatic carbocycles. The number of unbranched alkanes of at least 4 members (excludes halogenated alkanes) is 1. The molecule has 4 amide bonds. The van der Waals surface area contributed by atoms with Gasteiger partial charge in [-0.2, -0.15) is 0 Å². The quantitative estimate of drug-likeness (QED) is 0.136. The normalized spacial score (nSPS) is 33.6. The van der Waals surface area contributed by atoms with Gasteiger partial charge in [-0.3, -0.25) is 33.8 Å². The molecule has 0 aromatic heterocycles. The molecular weight excluding hydrogens is 548 g/mol. The molecule has 2 aliphatic heterocycles. The van der Waals surface area contributed by atoms with E-state index in [2.05, 4.69) is 12.2 Å². The highest BCUT2D eigenvalue weighted by Gasteiger charge is 2.61. The zero-order valence-corrected chi connectivity index (χ0v) is 24.4. The fourth-order valence-corrected chi connectivity index (χ4v) is 8.61. The van der Waals surface area contributed by atoms with Crippen LogP contribution in [-0.4, -0.2) is 64.4 Å². The first-order valence-electron chi connectivity index (χ1n) is 15.5. The van der Waals surface area contributed by atoms with Gasteiger partial charge in [-0.05, 0) is 86.8 Å². The number of fused-ring (bicyclic) bond motifs is 10. The Labute approximate surface area is 250 Å². The number of esters is 1. The van der Waals surface area contributed by atoms with Crippen LogP contribution in [0.5, 0.6) is 0 Å². The van der Waals surface area contributed by atoms with Gasteiger partial charge in [0, 0.05) is 12.1 Å². The van der Waals surface area contributed by atoms with Crippen LogP contribution in [0.2, 0.25) is 0 Å². The molecule has 0 N–H and O–H groups in total. The lowest BCUT2D eigenvalue weighted by atomic mass is 9.85. The highest BCUT2D eigenvalue weighted by molar-refractivity contribution is 6.09. The first kappa shape index (κ1) is 27.9.